The maximum atomic E-state index is 12.2. The van der Waals surface area contributed by atoms with Gasteiger partial charge >= 0.3 is 0 Å². The summed E-state index contributed by atoms with van der Waals surface area (Å²) in [5.41, 5.74) is 5.95. The molecular weight excluding hydrogens is 292 g/mol. The van der Waals surface area contributed by atoms with E-state index in [-0.39, 0.29) is 17.5 Å². The normalized spacial score (nSPS) is 12.6. The largest absolute Gasteiger partial charge is 0.320 e. The Bertz CT molecular complexity index is 589. The van der Waals surface area contributed by atoms with Crippen LogP contribution in [0.1, 0.15) is 18.9 Å². The molecule has 1 atom stereocenters. The van der Waals surface area contributed by atoms with Crippen molar-refractivity contribution < 1.29 is 8.42 Å². The van der Waals surface area contributed by atoms with Gasteiger partial charge < -0.3 is 5.73 Å². The molecule has 1 rings (SSSR count). The Morgan fingerprint density at radius 1 is 1.45 bits per heavy atom. The summed E-state index contributed by atoms with van der Waals surface area (Å²) in [7, 11) is -3.50. The molecule has 0 aliphatic heterocycles. The van der Waals surface area contributed by atoms with E-state index in [0.717, 1.165) is 12.2 Å². The molecule has 1 aromatic carbocycles. The molecule has 20 heavy (non-hydrogen) atoms. The maximum Gasteiger partial charge on any atom is 0.240 e. The van der Waals surface area contributed by atoms with E-state index in [1.165, 1.54) is 0 Å². The molecule has 0 aliphatic rings. The van der Waals surface area contributed by atoms with Crippen LogP contribution >= 0.6 is 11.8 Å². The maximum absolute atomic E-state index is 12.2. The third-order valence-electron chi connectivity index (χ3n) is 2.59. The summed E-state index contributed by atoms with van der Waals surface area (Å²) in [6.45, 7) is 2.12. The summed E-state index contributed by atoms with van der Waals surface area (Å²) in [5, 5.41) is 0. The van der Waals surface area contributed by atoms with Crippen molar-refractivity contribution in [1.29, 1.82) is 0 Å². The van der Waals surface area contributed by atoms with Crippen molar-refractivity contribution in [3.63, 3.8) is 0 Å². The first-order valence-corrected chi connectivity index (χ1v) is 9.17. The van der Waals surface area contributed by atoms with Crippen molar-refractivity contribution in [1.82, 2.24) is 4.72 Å². The second kappa shape index (κ2) is 8.32. The summed E-state index contributed by atoms with van der Waals surface area (Å²) >= 11 is 1.70. The molecule has 1 unspecified atom stereocenters. The summed E-state index contributed by atoms with van der Waals surface area (Å²) < 4.78 is 27.2. The van der Waals surface area contributed by atoms with Gasteiger partial charge in [-0.1, -0.05) is 17.9 Å². The molecule has 0 aromatic heterocycles. The van der Waals surface area contributed by atoms with E-state index in [1.54, 1.807) is 36.0 Å². The molecule has 110 valence electrons. The molecule has 4 nitrogen and oxygen atoms in total. The van der Waals surface area contributed by atoms with E-state index in [9.17, 15) is 8.42 Å². The van der Waals surface area contributed by atoms with E-state index in [0.29, 0.717) is 5.56 Å². The van der Waals surface area contributed by atoms with E-state index in [2.05, 4.69) is 16.6 Å². The Morgan fingerprint density at radius 2 is 2.20 bits per heavy atom. The van der Waals surface area contributed by atoms with E-state index in [1.807, 2.05) is 13.2 Å². The van der Waals surface area contributed by atoms with Gasteiger partial charge in [0.15, 0.2) is 0 Å². The van der Waals surface area contributed by atoms with E-state index >= 15 is 0 Å². The van der Waals surface area contributed by atoms with Crippen LogP contribution in [0.5, 0.6) is 0 Å². The molecule has 0 bridgehead atoms. The Balaban J connectivity index is 2.87. The van der Waals surface area contributed by atoms with Gasteiger partial charge in [-0.15, -0.1) is 0 Å². The molecule has 3 N–H and O–H groups in total. The highest BCUT2D eigenvalue weighted by Gasteiger charge is 2.17. The van der Waals surface area contributed by atoms with Crippen molar-refractivity contribution in [3.05, 3.63) is 29.8 Å². The van der Waals surface area contributed by atoms with Crippen LogP contribution in [0.3, 0.4) is 0 Å². The topological polar surface area (TPSA) is 72.2 Å². The van der Waals surface area contributed by atoms with Gasteiger partial charge in [0.25, 0.3) is 0 Å². The number of rotatable bonds is 6. The molecule has 0 amide bonds. The zero-order valence-electron chi connectivity index (χ0n) is 11.7. The minimum atomic E-state index is -3.50. The number of benzene rings is 1. The van der Waals surface area contributed by atoms with E-state index < -0.39 is 10.0 Å². The molecule has 0 fully saturated rings. The van der Waals surface area contributed by atoms with Crippen molar-refractivity contribution >= 4 is 21.8 Å². The number of nitrogens with two attached hydrogens (primary N) is 1. The Labute approximate surface area is 125 Å². The van der Waals surface area contributed by atoms with Crippen LogP contribution in [-0.2, 0) is 10.0 Å². The van der Waals surface area contributed by atoms with Crippen LogP contribution < -0.4 is 10.5 Å². The van der Waals surface area contributed by atoms with Crippen LogP contribution in [0.25, 0.3) is 0 Å². The van der Waals surface area contributed by atoms with Crippen molar-refractivity contribution in [2.24, 2.45) is 5.73 Å². The third kappa shape index (κ3) is 5.55. The van der Waals surface area contributed by atoms with Gasteiger partial charge in [-0.3, -0.25) is 0 Å². The second-order valence-corrected chi connectivity index (χ2v) is 7.04. The van der Waals surface area contributed by atoms with Gasteiger partial charge in [-0.25, -0.2) is 13.1 Å². The standard InChI is InChI=1S/C14H20N2O2S2/c1-12(8-10-19-2)16-20(17,18)14-7-3-5-13(11-14)6-4-9-15/h3,5,7,11-12,16H,8-10,15H2,1-2H3. The average molecular weight is 312 g/mol. The summed E-state index contributed by atoms with van der Waals surface area (Å²) in [6, 6.07) is 6.48. The number of hydrogen-bond acceptors (Lipinski definition) is 4. The minimum absolute atomic E-state index is 0.0915. The lowest BCUT2D eigenvalue weighted by Gasteiger charge is -2.13. The van der Waals surface area contributed by atoms with Crippen molar-refractivity contribution in [2.75, 3.05) is 18.6 Å². The first kappa shape index (κ1) is 17.1. The lowest BCUT2D eigenvalue weighted by Crippen LogP contribution is -2.33. The summed E-state index contributed by atoms with van der Waals surface area (Å²) in [4.78, 5) is 0.234. The predicted octanol–water partition coefficient (Wildman–Crippen LogP) is 1.42. The second-order valence-electron chi connectivity index (χ2n) is 4.34. The Hall–Kier alpha value is -1.00. The van der Waals surface area contributed by atoms with Crippen LogP contribution in [0.2, 0.25) is 0 Å². The average Bonchev–Trinajstić information content (AvgIpc) is 2.42. The molecular formula is C14H20N2O2S2. The fourth-order valence-corrected chi connectivity index (χ4v) is 3.49. The molecule has 0 heterocycles. The van der Waals surface area contributed by atoms with Crippen molar-refractivity contribution in [3.8, 4) is 11.8 Å². The molecule has 1 aromatic rings. The smallest absolute Gasteiger partial charge is 0.240 e. The monoisotopic (exact) mass is 312 g/mol. The van der Waals surface area contributed by atoms with Crippen LogP contribution in [-0.4, -0.2) is 33.0 Å². The molecule has 6 heteroatoms. The van der Waals surface area contributed by atoms with Crippen LogP contribution in [0, 0.1) is 11.8 Å². The zero-order valence-corrected chi connectivity index (χ0v) is 13.4. The molecule has 0 radical (unpaired) electrons. The summed E-state index contributed by atoms with van der Waals surface area (Å²) in [5.74, 6) is 6.47. The fourth-order valence-electron chi connectivity index (χ4n) is 1.58. The van der Waals surface area contributed by atoms with Crippen LogP contribution in [0.15, 0.2) is 29.2 Å². The fraction of sp³-hybridized carbons (Fsp3) is 0.429. The number of nitrogens with one attached hydrogen (secondary N) is 1. The molecule has 0 saturated heterocycles. The van der Waals surface area contributed by atoms with Crippen LogP contribution in [0.4, 0.5) is 0 Å². The highest BCUT2D eigenvalue weighted by atomic mass is 32.2. The van der Waals surface area contributed by atoms with E-state index in [4.69, 9.17) is 5.73 Å². The van der Waals surface area contributed by atoms with Gasteiger partial charge in [0.05, 0.1) is 11.4 Å². The highest BCUT2D eigenvalue weighted by Crippen LogP contribution is 2.12. The lowest BCUT2D eigenvalue weighted by atomic mass is 10.2. The number of sulfonamides is 1. The van der Waals surface area contributed by atoms with Gasteiger partial charge in [-0.05, 0) is 43.6 Å². The molecule has 0 aliphatic carbocycles. The number of hydrogen-bond donors (Lipinski definition) is 2. The first-order chi connectivity index (χ1) is 9.49. The molecule has 0 spiro atoms. The van der Waals surface area contributed by atoms with Gasteiger partial charge in [0, 0.05) is 11.6 Å². The quantitative estimate of drug-likeness (QED) is 0.779. The summed E-state index contributed by atoms with van der Waals surface area (Å²) in [6.07, 6.45) is 2.80. The zero-order chi connectivity index (χ0) is 15.0. The predicted molar refractivity (Wildman–Crippen MR) is 85.2 cm³/mol. The Kier molecular flexibility index (Phi) is 7.10. The van der Waals surface area contributed by atoms with Gasteiger partial charge in [0.2, 0.25) is 10.0 Å². The minimum Gasteiger partial charge on any atom is -0.320 e. The highest BCUT2D eigenvalue weighted by molar-refractivity contribution is 7.98. The van der Waals surface area contributed by atoms with Crippen molar-refractivity contribution in [2.45, 2.75) is 24.3 Å². The van der Waals surface area contributed by atoms with Gasteiger partial charge in [-0.2, -0.15) is 11.8 Å². The lowest BCUT2D eigenvalue weighted by molar-refractivity contribution is 0.557. The number of thioether (sulfide) groups is 1. The third-order valence-corrected chi connectivity index (χ3v) is 4.82. The first-order valence-electron chi connectivity index (χ1n) is 6.30. The Morgan fingerprint density at radius 3 is 2.85 bits per heavy atom. The SMILES string of the molecule is CSCCC(C)NS(=O)(=O)c1cccc(C#CCN)c1. The van der Waals surface area contributed by atoms with Gasteiger partial charge in [0.1, 0.15) is 0 Å². The molecule has 0 saturated carbocycles.